The smallest absolute Gasteiger partial charge is 0.309 e. The SMILES string of the molecule is CCOC(=O)[C@@H]1C[C@@]23CN(C)C[C@@H](CCC4=C2[C@@H]1CC4=O)[C@@]31CC[C@](CC)(OC)OC1. The molecule has 2 spiro atoms. The standard InChI is InChI=1S/C25H37NO5/c1-5-25(29-4)10-9-23(15-31-25)16-7-8-17-20(27)11-18-19(22(28)30-6-2)12-24(23,21(17)18)14-26(3)13-16/h16,18-19H,5-15H2,1-4H3/t16-,18-,19-,23+,24-,25-/m1/s1. The molecule has 0 aromatic carbocycles. The van der Waals surface area contributed by atoms with Gasteiger partial charge in [0.1, 0.15) is 0 Å². The van der Waals surface area contributed by atoms with Gasteiger partial charge >= 0.3 is 5.97 Å². The van der Waals surface area contributed by atoms with E-state index in [9.17, 15) is 9.59 Å². The van der Waals surface area contributed by atoms with Gasteiger partial charge in [0.2, 0.25) is 0 Å². The fraction of sp³-hybridized carbons (Fsp3) is 0.840. The molecule has 6 atom stereocenters. The minimum absolute atomic E-state index is 0.0176. The quantitative estimate of drug-likeness (QED) is 0.636. The second-order valence-electron chi connectivity index (χ2n) is 10.6. The molecule has 2 aliphatic heterocycles. The van der Waals surface area contributed by atoms with Gasteiger partial charge in [0.15, 0.2) is 11.6 Å². The lowest BCUT2D eigenvalue weighted by Gasteiger charge is -2.62. The van der Waals surface area contributed by atoms with E-state index in [0.29, 0.717) is 25.6 Å². The van der Waals surface area contributed by atoms with E-state index in [1.54, 1.807) is 7.11 Å². The molecule has 3 fully saturated rings. The number of ketones is 1. The van der Waals surface area contributed by atoms with E-state index in [4.69, 9.17) is 14.2 Å². The van der Waals surface area contributed by atoms with Crippen molar-refractivity contribution in [1.82, 2.24) is 4.90 Å². The Morgan fingerprint density at radius 1 is 1.29 bits per heavy atom. The van der Waals surface area contributed by atoms with E-state index >= 15 is 0 Å². The average molecular weight is 432 g/mol. The summed E-state index contributed by atoms with van der Waals surface area (Å²) in [5.74, 6) is -0.0840. The van der Waals surface area contributed by atoms with Crippen LogP contribution in [-0.2, 0) is 23.8 Å². The molecule has 0 radical (unpaired) electrons. The molecule has 0 unspecified atom stereocenters. The van der Waals surface area contributed by atoms with Crippen LogP contribution in [0.4, 0.5) is 0 Å². The van der Waals surface area contributed by atoms with Crippen molar-refractivity contribution in [1.29, 1.82) is 0 Å². The molecule has 1 saturated carbocycles. The minimum atomic E-state index is -0.504. The number of likely N-dealkylation sites (tertiary alicyclic amines) is 1. The van der Waals surface area contributed by atoms with Crippen LogP contribution in [0.3, 0.4) is 0 Å². The van der Waals surface area contributed by atoms with E-state index in [2.05, 4.69) is 18.9 Å². The van der Waals surface area contributed by atoms with E-state index in [1.165, 1.54) is 5.57 Å². The van der Waals surface area contributed by atoms with Gasteiger partial charge in [-0.2, -0.15) is 0 Å². The van der Waals surface area contributed by atoms with Gasteiger partial charge in [-0.3, -0.25) is 9.59 Å². The van der Waals surface area contributed by atoms with E-state index in [1.807, 2.05) is 6.92 Å². The second-order valence-corrected chi connectivity index (χ2v) is 10.6. The van der Waals surface area contributed by atoms with E-state index in [0.717, 1.165) is 57.2 Å². The Morgan fingerprint density at radius 3 is 2.74 bits per heavy atom. The number of methoxy groups -OCH3 is 1. The van der Waals surface area contributed by atoms with Crippen molar-refractivity contribution in [2.75, 3.05) is 40.5 Å². The highest BCUT2D eigenvalue weighted by molar-refractivity contribution is 6.01. The van der Waals surface area contributed by atoms with Crippen LogP contribution in [0.1, 0.15) is 58.8 Å². The van der Waals surface area contributed by atoms with Crippen LogP contribution in [0.2, 0.25) is 0 Å². The van der Waals surface area contributed by atoms with E-state index < -0.39 is 5.79 Å². The van der Waals surface area contributed by atoms with Crippen molar-refractivity contribution in [2.45, 2.75) is 64.6 Å². The van der Waals surface area contributed by atoms with Crippen molar-refractivity contribution < 1.29 is 23.8 Å². The van der Waals surface area contributed by atoms with Gasteiger partial charge in [-0.1, -0.05) is 12.5 Å². The maximum Gasteiger partial charge on any atom is 0.309 e. The number of nitrogens with zero attached hydrogens (tertiary/aromatic N) is 1. The molecule has 6 heteroatoms. The highest BCUT2D eigenvalue weighted by Crippen LogP contribution is 2.71. The van der Waals surface area contributed by atoms with Crippen LogP contribution in [0.25, 0.3) is 0 Å². The molecule has 0 aromatic rings. The van der Waals surface area contributed by atoms with Gasteiger partial charge in [-0.25, -0.2) is 0 Å². The lowest BCUT2D eigenvalue weighted by Crippen LogP contribution is -2.64. The Bertz CT molecular complexity index is 805. The van der Waals surface area contributed by atoms with Gasteiger partial charge in [-0.15, -0.1) is 0 Å². The summed E-state index contributed by atoms with van der Waals surface area (Å²) >= 11 is 0. The lowest BCUT2D eigenvalue weighted by atomic mass is 9.50. The molecule has 2 heterocycles. The number of carbonyl (C=O) groups is 2. The molecule has 2 saturated heterocycles. The number of hydrogen-bond donors (Lipinski definition) is 0. The largest absolute Gasteiger partial charge is 0.466 e. The zero-order valence-corrected chi connectivity index (χ0v) is 19.5. The molecule has 0 amide bonds. The number of carbonyl (C=O) groups excluding carboxylic acids is 2. The van der Waals surface area contributed by atoms with Gasteiger partial charge in [0.05, 0.1) is 19.1 Å². The van der Waals surface area contributed by atoms with Crippen molar-refractivity contribution in [2.24, 2.45) is 28.6 Å². The molecule has 5 aliphatic rings. The van der Waals surface area contributed by atoms with Crippen LogP contribution in [-0.4, -0.2) is 62.9 Å². The summed E-state index contributed by atoms with van der Waals surface area (Å²) in [4.78, 5) is 28.6. The van der Waals surface area contributed by atoms with Gasteiger partial charge in [-0.05, 0) is 57.6 Å². The Balaban J connectivity index is 1.63. The first-order valence-electron chi connectivity index (χ1n) is 12.2. The average Bonchev–Trinajstić information content (AvgIpc) is 3.23. The van der Waals surface area contributed by atoms with Gasteiger partial charge in [0, 0.05) is 49.8 Å². The summed E-state index contributed by atoms with van der Waals surface area (Å²) in [5, 5.41) is 0. The number of rotatable bonds is 4. The summed E-state index contributed by atoms with van der Waals surface area (Å²) in [6, 6.07) is 0. The predicted octanol–water partition coefficient (Wildman–Crippen LogP) is 3.35. The third kappa shape index (κ3) is 2.80. The summed E-state index contributed by atoms with van der Waals surface area (Å²) < 4.78 is 17.9. The zero-order valence-electron chi connectivity index (χ0n) is 19.5. The van der Waals surface area contributed by atoms with Gasteiger partial charge in [0.25, 0.3) is 0 Å². The molecule has 3 aliphatic carbocycles. The van der Waals surface area contributed by atoms with Crippen LogP contribution in [0.15, 0.2) is 11.1 Å². The number of Topliss-reactive ketones (excluding diaryl/α,β-unsaturated/α-hetero) is 1. The highest BCUT2D eigenvalue weighted by Gasteiger charge is 2.70. The Hall–Kier alpha value is -1.24. The molecule has 0 aromatic heterocycles. The van der Waals surface area contributed by atoms with Crippen molar-refractivity contribution in [3.63, 3.8) is 0 Å². The summed E-state index contributed by atoms with van der Waals surface area (Å²) in [7, 11) is 3.95. The Morgan fingerprint density at radius 2 is 2.10 bits per heavy atom. The highest BCUT2D eigenvalue weighted by atomic mass is 16.7. The lowest BCUT2D eigenvalue weighted by molar-refractivity contribution is -0.295. The zero-order chi connectivity index (χ0) is 22.0. The van der Waals surface area contributed by atoms with Crippen molar-refractivity contribution in [3.05, 3.63) is 11.1 Å². The van der Waals surface area contributed by atoms with Crippen LogP contribution in [0, 0.1) is 28.6 Å². The second kappa shape index (κ2) is 7.39. The van der Waals surface area contributed by atoms with Crippen molar-refractivity contribution in [3.8, 4) is 0 Å². The van der Waals surface area contributed by atoms with E-state index in [-0.39, 0.29) is 34.4 Å². The third-order valence-corrected chi connectivity index (χ3v) is 9.60. The number of hydrogen-bond acceptors (Lipinski definition) is 6. The Labute approximate surface area is 185 Å². The minimum Gasteiger partial charge on any atom is -0.466 e. The van der Waals surface area contributed by atoms with Gasteiger partial charge < -0.3 is 19.1 Å². The fourth-order valence-corrected chi connectivity index (χ4v) is 8.22. The normalized spacial score (nSPS) is 44.5. The molecule has 31 heavy (non-hydrogen) atoms. The first kappa shape index (κ1) is 21.6. The number of esters is 1. The number of ether oxygens (including phenoxy) is 3. The topological polar surface area (TPSA) is 65.1 Å². The third-order valence-electron chi connectivity index (χ3n) is 9.60. The molecule has 5 rings (SSSR count). The summed E-state index contributed by atoms with van der Waals surface area (Å²) in [5.41, 5.74) is 2.14. The molecule has 0 N–H and O–H groups in total. The maximum absolute atomic E-state index is 13.1. The number of allylic oxidation sites excluding steroid dienone is 1. The van der Waals surface area contributed by atoms with Crippen molar-refractivity contribution >= 4 is 11.8 Å². The molecule has 6 nitrogen and oxygen atoms in total. The maximum atomic E-state index is 13.1. The van der Waals surface area contributed by atoms with Crippen LogP contribution < -0.4 is 0 Å². The molecular formula is C25H37NO5. The Kier molecular flexibility index (Phi) is 5.15. The van der Waals surface area contributed by atoms with Crippen LogP contribution in [0.5, 0.6) is 0 Å². The first-order chi connectivity index (χ1) is 14.9. The predicted molar refractivity (Wildman–Crippen MR) is 115 cm³/mol. The number of piperidine rings is 1. The molecule has 2 bridgehead atoms. The molecular weight excluding hydrogens is 394 g/mol. The fourth-order valence-electron chi connectivity index (χ4n) is 8.22. The molecule has 172 valence electrons. The van der Waals surface area contributed by atoms with Crippen LogP contribution >= 0.6 is 0 Å². The summed E-state index contributed by atoms with van der Waals surface area (Å²) in [6.45, 7) is 6.96. The monoisotopic (exact) mass is 431 g/mol. The summed E-state index contributed by atoms with van der Waals surface area (Å²) in [6.07, 6.45) is 5.89. The first-order valence-corrected chi connectivity index (χ1v) is 12.2.